The van der Waals surface area contributed by atoms with Crippen molar-refractivity contribution in [2.45, 2.75) is 38.5 Å². The van der Waals surface area contributed by atoms with E-state index in [0.29, 0.717) is 25.9 Å². The van der Waals surface area contributed by atoms with E-state index in [0.717, 1.165) is 27.7 Å². The first-order valence-electron chi connectivity index (χ1n) is 10.3. The van der Waals surface area contributed by atoms with Crippen LogP contribution in [-0.2, 0) is 40.3 Å². The molecule has 31 heavy (non-hydrogen) atoms. The number of aliphatic carboxylic acids is 1. The van der Waals surface area contributed by atoms with Crippen LogP contribution in [0.5, 0.6) is 0 Å². The second-order valence-corrected chi connectivity index (χ2v) is 7.95. The van der Waals surface area contributed by atoms with Crippen LogP contribution < -0.4 is 0 Å². The minimum Gasteiger partial charge on any atom is -0.480 e. The number of hydrogen-bond donors (Lipinski definition) is 1. The highest BCUT2D eigenvalue weighted by atomic mass is 19.1. The van der Waals surface area contributed by atoms with E-state index in [-0.39, 0.29) is 30.9 Å². The summed E-state index contributed by atoms with van der Waals surface area (Å²) < 4.78 is 21.3. The molecule has 6 nitrogen and oxygen atoms in total. The molecule has 0 saturated carbocycles. The van der Waals surface area contributed by atoms with Gasteiger partial charge in [0, 0.05) is 29.7 Å². The summed E-state index contributed by atoms with van der Waals surface area (Å²) >= 11 is 0. The molecule has 162 valence electrons. The topological polar surface area (TPSA) is 71.8 Å². The van der Waals surface area contributed by atoms with Crippen molar-refractivity contribution in [1.29, 1.82) is 0 Å². The molecule has 0 saturated heterocycles. The van der Waals surface area contributed by atoms with Gasteiger partial charge < -0.3 is 19.3 Å². The van der Waals surface area contributed by atoms with Gasteiger partial charge in [-0.25, -0.2) is 4.39 Å². The first-order valence-corrected chi connectivity index (χ1v) is 10.3. The van der Waals surface area contributed by atoms with Gasteiger partial charge in [-0.05, 0) is 48.6 Å². The number of likely N-dealkylation sites (N-methyl/N-ethyl adjacent to an activating group) is 1. The van der Waals surface area contributed by atoms with Crippen LogP contribution in [0.1, 0.15) is 23.2 Å². The monoisotopic (exact) mass is 424 g/mol. The fourth-order valence-electron chi connectivity index (χ4n) is 4.39. The Bertz CT molecular complexity index is 1110. The van der Waals surface area contributed by atoms with Crippen LogP contribution >= 0.6 is 0 Å². The molecule has 1 aliphatic rings. The Morgan fingerprint density at radius 3 is 2.74 bits per heavy atom. The van der Waals surface area contributed by atoms with Gasteiger partial charge in [-0.2, -0.15) is 0 Å². The Morgan fingerprint density at radius 2 is 2.00 bits per heavy atom. The van der Waals surface area contributed by atoms with E-state index in [1.165, 1.54) is 12.1 Å². The average Bonchev–Trinajstić information content (AvgIpc) is 3.05. The molecule has 1 atom stereocenters. The van der Waals surface area contributed by atoms with E-state index < -0.39 is 5.97 Å². The van der Waals surface area contributed by atoms with Crippen LogP contribution in [-0.4, -0.2) is 46.1 Å². The number of nitrogens with zero attached hydrogens (tertiary/aromatic N) is 2. The minimum atomic E-state index is -0.936. The third kappa shape index (κ3) is 4.46. The van der Waals surface area contributed by atoms with E-state index in [2.05, 4.69) is 0 Å². The standard InChI is InChI=1S/C24H25FN2O4/c1-26(23(28)15-31-14-16-5-3-2-4-6-16)18-8-10-22-20(12-18)19-11-17(25)7-9-21(19)27(22)13-24(29)30/h2-7,9,11,18H,8,10,12-15H2,1H3,(H,29,30). The predicted molar refractivity (Wildman–Crippen MR) is 114 cm³/mol. The first kappa shape index (κ1) is 21.1. The molecule has 1 aliphatic carbocycles. The lowest BCUT2D eigenvalue weighted by Gasteiger charge is -2.32. The summed E-state index contributed by atoms with van der Waals surface area (Å²) in [5.74, 6) is -1.40. The SMILES string of the molecule is CN(C(=O)COCc1ccccc1)C1CCc2c(c3cc(F)ccc3n2CC(=O)O)C1. The lowest BCUT2D eigenvalue weighted by Crippen LogP contribution is -2.42. The predicted octanol–water partition coefficient (Wildman–Crippen LogP) is 3.40. The van der Waals surface area contributed by atoms with Gasteiger partial charge in [-0.3, -0.25) is 9.59 Å². The molecule has 0 radical (unpaired) electrons. The van der Waals surface area contributed by atoms with Crippen molar-refractivity contribution in [2.75, 3.05) is 13.7 Å². The van der Waals surface area contributed by atoms with Crippen molar-refractivity contribution in [2.24, 2.45) is 0 Å². The molecule has 1 heterocycles. The molecule has 3 aromatic rings. The van der Waals surface area contributed by atoms with E-state index in [1.54, 1.807) is 22.6 Å². The van der Waals surface area contributed by atoms with Gasteiger partial charge in [0.2, 0.25) is 5.91 Å². The smallest absolute Gasteiger partial charge is 0.323 e. The molecular weight excluding hydrogens is 399 g/mol. The zero-order valence-corrected chi connectivity index (χ0v) is 17.4. The van der Waals surface area contributed by atoms with Crippen LogP contribution in [0.3, 0.4) is 0 Å². The number of amides is 1. The summed E-state index contributed by atoms with van der Waals surface area (Å²) in [5, 5.41) is 10.0. The lowest BCUT2D eigenvalue weighted by atomic mass is 9.90. The van der Waals surface area contributed by atoms with Crippen LogP contribution in [0.25, 0.3) is 10.9 Å². The Balaban J connectivity index is 1.48. The molecule has 2 aromatic carbocycles. The van der Waals surface area contributed by atoms with Crippen molar-refractivity contribution in [3.63, 3.8) is 0 Å². The number of aromatic nitrogens is 1. The fourth-order valence-corrected chi connectivity index (χ4v) is 4.39. The van der Waals surface area contributed by atoms with Crippen molar-refractivity contribution < 1.29 is 23.8 Å². The summed E-state index contributed by atoms with van der Waals surface area (Å²) in [7, 11) is 1.76. The van der Waals surface area contributed by atoms with Crippen molar-refractivity contribution in [1.82, 2.24) is 9.47 Å². The van der Waals surface area contributed by atoms with Crippen molar-refractivity contribution in [3.8, 4) is 0 Å². The van der Waals surface area contributed by atoms with E-state index >= 15 is 0 Å². The maximum Gasteiger partial charge on any atom is 0.323 e. The lowest BCUT2D eigenvalue weighted by molar-refractivity contribution is -0.138. The normalized spacial score (nSPS) is 15.6. The highest BCUT2D eigenvalue weighted by molar-refractivity contribution is 5.87. The van der Waals surface area contributed by atoms with Gasteiger partial charge in [0.15, 0.2) is 0 Å². The summed E-state index contributed by atoms with van der Waals surface area (Å²) in [6.07, 6.45) is 1.90. The second-order valence-electron chi connectivity index (χ2n) is 7.95. The number of carboxylic acids is 1. The molecule has 1 aromatic heterocycles. The largest absolute Gasteiger partial charge is 0.480 e. The Labute approximate surface area is 179 Å². The van der Waals surface area contributed by atoms with Gasteiger partial charge in [0.1, 0.15) is 19.0 Å². The number of halogens is 1. The summed E-state index contributed by atoms with van der Waals surface area (Å²) in [4.78, 5) is 25.7. The molecule has 7 heteroatoms. The quantitative estimate of drug-likeness (QED) is 0.631. The number of benzene rings is 2. The van der Waals surface area contributed by atoms with Gasteiger partial charge in [0.05, 0.1) is 6.61 Å². The fraction of sp³-hybridized carbons (Fsp3) is 0.333. The van der Waals surface area contributed by atoms with Crippen LogP contribution in [0.2, 0.25) is 0 Å². The van der Waals surface area contributed by atoms with Crippen LogP contribution in [0.4, 0.5) is 4.39 Å². The van der Waals surface area contributed by atoms with E-state index in [4.69, 9.17) is 4.74 Å². The zero-order valence-electron chi connectivity index (χ0n) is 17.4. The van der Waals surface area contributed by atoms with Crippen molar-refractivity contribution in [3.05, 3.63) is 71.2 Å². The molecule has 0 spiro atoms. The first-order chi connectivity index (χ1) is 14.9. The van der Waals surface area contributed by atoms with Crippen molar-refractivity contribution >= 4 is 22.8 Å². The molecule has 0 aliphatic heterocycles. The van der Waals surface area contributed by atoms with Gasteiger partial charge in [-0.1, -0.05) is 30.3 Å². The number of fused-ring (bicyclic) bond motifs is 3. The third-order valence-electron chi connectivity index (χ3n) is 5.97. The Hall–Kier alpha value is -3.19. The van der Waals surface area contributed by atoms with Crippen LogP contribution in [0.15, 0.2) is 48.5 Å². The van der Waals surface area contributed by atoms with E-state index in [1.807, 2.05) is 30.3 Å². The van der Waals surface area contributed by atoms with E-state index in [9.17, 15) is 19.1 Å². The summed E-state index contributed by atoms with van der Waals surface area (Å²) in [5.41, 5.74) is 3.57. The molecule has 4 rings (SSSR count). The maximum absolute atomic E-state index is 13.9. The number of hydrogen-bond acceptors (Lipinski definition) is 3. The molecule has 0 fully saturated rings. The molecular formula is C24H25FN2O4. The molecule has 1 N–H and O–H groups in total. The maximum atomic E-state index is 13.9. The molecule has 0 bridgehead atoms. The second kappa shape index (κ2) is 8.89. The summed E-state index contributed by atoms with van der Waals surface area (Å²) in [6, 6.07) is 14.1. The van der Waals surface area contributed by atoms with Gasteiger partial charge in [-0.15, -0.1) is 0 Å². The number of ether oxygens (including phenoxy) is 1. The highest BCUT2D eigenvalue weighted by Crippen LogP contribution is 2.34. The molecule has 1 amide bonds. The van der Waals surface area contributed by atoms with Crippen LogP contribution in [0, 0.1) is 5.82 Å². The number of carbonyl (C=O) groups excluding carboxylic acids is 1. The number of carboxylic acid groups (broad SMARTS) is 1. The third-order valence-corrected chi connectivity index (χ3v) is 5.97. The minimum absolute atomic E-state index is 0.00977. The zero-order chi connectivity index (χ0) is 22.0. The number of rotatable bonds is 7. The summed E-state index contributed by atoms with van der Waals surface area (Å²) in [6.45, 7) is 0.200. The Kier molecular flexibility index (Phi) is 6.04. The Morgan fingerprint density at radius 1 is 1.23 bits per heavy atom. The number of carbonyl (C=O) groups is 2. The molecule has 1 unspecified atom stereocenters. The van der Waals surface area contributed by atoms with Gasteiger partial charge >= 0.3 is 5.97 Å². The highest BCUT2D eigenvalue weighted by Gasteiger charge is 2.30. The average molecular weight is 424 g/mol. The van der Waals surface area contributed by atoms with Gasteiger partial charge in [0.25, 0.3) is 0 Å².